The largest absolute Gasteiger partial charge is 0.329 e. The average Bonchev–Trinajstić information content (AvgIpc) is 2.15. The fourth-order valence-corrected chi connectivity index (χ4v) is 1.87. The predicted molar refractivity (Wildman–Crippen MR) is 64.4 cm³/mol. The summed E-state index contributed by atoms with van der Waals surface area (Å²) in [7, 11) is 0. The van der Waals surface area contributed by atoms with E-state index in [9.17, 15) is 0 Å². The molecule has 0 amide bonds. The lowest BCUT2D eigenvalue weighted by Gasteiger charge is -2.33. The molecule has 0 heterocycles. The van der Waals surface area contributed by atoms with E-state index in [1.807, 2.05) is 6.92 Å². The summed E-state index contributed by atoms with van der Waals surface area (Å²) in [5.74, 6) is 0. The molecule has 0 saturated heterocycles. The molecule has 0 bridgehead atoms. The van der Waals surface area contributed by atoms with Crippen LogP contribution in [0.4, 0.5) is 0 Å². The maximum Gasteiger partial charge on any atom is 0.0306 e. The van der Waals surface area contributed by atoms with Gasteiger partial charge in [0.2, 0.25) is 0 Å². The Hall–Kier alpha value is -0.340. The third-order valence-electron chi connectivity index (χ3n) is 2.61. The lowest BCUT2D eigenvalue weighted by Crippen LogP contribution is -2.51. The molecule has 2 heteroatoms. The molecule has 0 radical (unpaired) electrons. The second-order valence-corrected chi connectivity index (χ2v) is 4.30. The quantitative estimate of drug-likeness (QED) is 0.588. The van der Waals surface area contributed by atoms with Gasteiger partial charge in [-0.2, -0.15) is 0 Å². The van der Waals surface area contributed by atoms with E-state index >= 15 is 0 Å². The summed E-state index contributed by atoms with van der Waals surface area (Å²) in [6.07, 6.45) is 4.68. The summed E-state index contributed by atoms with van der Waals surface area (Å²) >= 11 is 0. The zero-order valence-electron chi connectivity index (χ0n) is 10.0. The molecule has 3 N–H and O–H groups in total. The van der Waals surface area contributed by atoms with Crippen molar-refractivity contribution in [1.82, 2.24) is 5.32 Å². The average molecular weight is 198 g/mol. The lowest BCUT2D eigenvalue weighted by atomic mass is 9.88. The normalized spacial score (nSPS) is 11.7. The topological polar surface area (TPSA) is 38.0 Å². The van der Waals surface area contributed by atoms with Crippen LogP contribution in [0.15, 0.2) is 12.2 Å². The maximum absolute atomic E-state index is 5.87. The van der Waals surface area contributed by atoms with Crippen molar-refractivity contribution in [3.63, 3.8) is 0 Å². The van der Waals surface area contributed by atoms with Crippen molar-refractivity contribution in [2.24, 2.45) is 5.73 Å². The number of nitrogens with two attached hydrogens (primary N) is 1. The predicted octanol–water partition coefficient (Wildman–Crippen LogP) is 2.45. The van der Waals surface area contributed by atoms with Gasteiger partial charge >= 0.3 is 0 Å². The van der Waals surface area contributed by atoms with Crippen LogP contribution in [-0.4, -0.2) is 18.6 Å². The zero-order valence-corrected chi connectivity index (χ0v) is 10.0. The molecule has 0 rings (SSSR count). The molecule has 0 saturated carbocycles. The van der Waals surface area contributed by atoms with Crippen molar-refractivity contribution < 1.29 is 0 Å². The summed E-state index contributed by atoms with van der Waals surface area (Å²) in [6, 6.07) is 0. The van der Waals surface area contributed by atoms with Crippen molar-refractivity contribution in [1.29, 1.82) is 0 Å². The number of rotatable bonds is 8. The Bertz CT molecular complexity index is 158. The fraction of sp³-hybridized carbons (Fsp3) is 0.833. The van der Waals surface area contributed by atoms with Gasteiger partial charge < -0.3 is 11.1 Å². The number of nitrogens with one attached hydrogen (secondary N) is 1. The minimum atomic E-state index is 0.141. The first-order valence-corrected chi connectivity index (χ1v) is 5.69. The Morgan fingerprint density at radius 2 is 1.79 bits per heavy atom. The van der Waals surface area contributed by atoms with Crippen LogP contribution in [0.2, 0.25) is 0 Å². The zero-order chi connectivity index (χ0) is 11.0. The van der Waals surface area contributed by atoms with E-state index in [0.29, 0.717) is 0 Å². The molecule has 0 spiro atoms. The smallest absolute Gasteiger partial charge is 0.0306 e. The van der Waals surface area contributed by atoms with Gasteiger partial charge in [0.15, 0.2) is 0 Å². The van der Waals surface area contributed by atoms with Gasteiger partial charge in [0.25, 0.3) is 0 Å². The molecule has 2 nitrogen and oxygen atoms in total. The fourth-order valence-electron chi connectivity index (χ4n) is 1.87. The van der Waals surface area contributed by atoms with E-state index in [2.05, 4.69) is 25.7 Å². The molecule has 0 atom stereocenters. The van der Waals surface area contributed by atoms with Gasteiger partial charge in [0.05, 0.1) is 0 Å². The van der Waals surface area contributed by atoms with Crippen molar-refractivity contribution in [3.8, 4) is 0 Å². The molecule has 0 aromatic heterocycles. The molecule has 14 heavy (non-hydrogen) atoms. The summed E-state index contributed by atoms with van der Waals surface area (Å²) in [5, 5.41) is 3.56. The SMILES string of the molecule is C=C(C)CNC(CN)(CCC)CCC. The first-order valence-electron chi connectivity index (χ1n) is 5.69. The first-order chi connectivity index (χ1) is 6.60. The third kappa shape index (κ3) is 4.77. The van der Waals surface area contributed by atoms with Crippen LogP contribution < -0.4 is 11.1 Å². The highest BCUT2D eigenvalue weighted by molar-refractivity contribution is 4.97. The highest BCUT2D eigenvalue weighted by Crippen LogP contribution is 2.18. The first kappa shape index (κ1) is 13.7. The summed E-state index contributed by atoms with van der Waals surface area (Å²) in [4.78, 5) is 0. The molecule has 0 aromatic rings. The van der Waals surface area contributed by atoms with Crippen LogP contribution in [-0.2, 0) is 0 Å². The molecular weight excluding hydrogens is 172 g/mol. The number of hydrogen-bond acceptors (Lipinski definition) is 2. The summed E-state index contributed by atoms with van der Waals surface area (Å²) in [6.45, 7) is 12.0. The lowest BCUT2D eigenvalue weighted by molar-refractivity contribution is 0.292. The van der Waals surface area contributed by atoms with E-state index in [-0.39, 0.29) is 5.54 Å². The van der Waals surface area contributed by atoms with E-state index in [1.54, 1.807) is 0 Å². The van der Waals surface area contributed by atoms with E-state index in [1.165, 1.54) is 18.4 Å². The van der Waals surface area contributed by atoms with Gasteiger partial charge in [-0.25, -0.2) is 0 Å². The Labute approximate surface area is 89.0 Å². The summed E-state index contributed by atoms with van der Waals surface area (Å²) in [5.41, 5.74) is 7.19. The van der Waals surface area contributed by atoms with Crippen LogP contribution in [0.25, 0.3) is 0 Å². The van der Waals surface area contributed by atoms with Gasteiger partial charge in [-0.1, -0.05) is 38.8 Å². The van der Waals surface area contributed by atoms with Crippen molar-refractivity contribution in [2.75, 3.05) is 13.1 Å². The van der Waals surface area contributed by atoms with E-state index in [4.69, 9.17) is 5.73 Å². The van der Waals surface area contributed by atoms with Gasteiger partial charge in [-0.05, 0) is 19.8 Å². The van der Waals surface area contributed by atoms with Gasteiger partial charge in [0, 0.05) is 18.6 Å². The molecular formula is C12H26N2. The highest BCUT2D eigenvalue weighted by atomic mass is 15.0. The number of hydrogen-bond donors (Lipinski definition) is 2. The standard InChI is InChI=1S/C12H26N2/c1-5-7-12(10-13,8-6-2)14-9-11(3)4/h14H,3,5-10,13H2,1-2,4H3. The van der Waals surface area contributed by atoms with Crippen LogP contribution in [0, 0.1) is 0 Å². The molecule has 0 fully saturated rings. The van der Waals surface area contributed by atoms with Crippen LogP contribution in [0.5, 0.6) is 0 Å². The monoisotopic (exact) mass is 198 g/mol. The Kier molecular flexibility index (Phi) is 6.85. The van der Waals surface area contributed by atoms with Crippen LogP contribution >= 0.6 is 0 Å². The molecule has 0 aliphatic carbocycles. The third-order valence-corrected chi connectivity index (χ3v) is 2.61. The summed E-state index contributed by atoms with van der Waals surface area (Å²) < 4.78 is 0. The molecule has 0 unspecified atom stereocenters. The van der Waals surface area contributed by atoms with Crippen molar-refractivity contribution in [3.05, 3.63) is 12.2 Å². The molecule has 0 aromatic carbocycles. The second-order valence-electron chi connectivity index (χ2n) is 4.30. The highest BCUT2D eigenvalue weighted by Gasteiger charge is 2.25. The van der Waals surface area contributed by atoms with Gasteiger partial charge in [-0.15, -0.1) is 0 Å². The van der Waals surface area contributed by atoms with Gasteiger partial charge in [0.1, 0.15) is 0 Å². The Balaban J connectivity index is 4.24. The van der Waals surface area contributed by atoms with Gasteiger partial charge in [-0.3, -0.25) is 0 Å². The van der Waals surface area contributed by atoms with Crippen molar-refractivity contribution >= 4 is 0 Å². The maximum atomic E-state index is 5.87. The minimum Gasteiger partial charge on any atom is -0.329 e. The van der Waals surface area contributed by atoms with E-state index in [0.717, 1.165) is 25.9 Å². The van der Waals surface area contributed by atoms with Crippen LogP contribution in [0.1, 0.15) is 46.5 Å². The van der Waals surface area contributed by atoms with Crippen LogP contribution in [0.3, 0.4) is 0 Å². The Morgan fingerprint density at radius 1 is 1.29 bits per heavy atom. The minimum absolute atomic E-state index is 0.141. The molecule has 0 aliphatic rings. The van der Waals surface area contributed by atoms with Crippen molar-refractivity contribution in [2.45, 2.75) is 52.0 Å². The second kappa shape index (κ2) is 7.02. The molecule has 84 valence electrons. The Morgan fingerprint density at radius 3 is 2.07 bits per heavy atom. The van der Waals surface area contributed by atoms with E-state index < -0.39 is 0 Å². The molecule has 0 aliphatic heterocycles.